The molecular weight excluding hydrogens is 334 g/mol. The minimum Gasteiger partial charge on any atom is -0.278 e. The summed E-state index contributed by atoms with van der Waals surface area (Å²) in [5, 5.41) is 5.69. The topological polar surface area (TPSA) is 26.0 Å². The molecule has 4 rings (SSSR count). The molecule has 7 unspecified atom stereocenters. The van der Waals surface area contributed by atoms with E-state index in [1.807, 2.05) is 0 Å². The SMILES string of the molecule is CC[C@H]1CC2C3CCC(CCCSN)C3(C)CCC2C2(C)CCCCC12. The van der Waals surface area contributed by atoms with Gasteiger partial charge in [-0.15, -0.1) is 0 Å². The average molecular weight is 378 g/mol. The monoisotopic (exact) mass is 377 g/mol. The minimum atomic E-state index is 0.649. The van der Waals surface area contributed by atoms with Gasteiger partial charge < -0.3 is 0 Å². The highest BCUT2D eigenvalue weighted by Gasteiger charge is 2.60. The predicted molar refractivity (Wildman–Crippen MR) is 115 cm³/mol. The third kappa shape index (κ3) is 3.00. The quantitative estimate of drug-likeness (QED) is 0.410. The van der Waals surface area contributed by atoms with Crippen LogP contribution in [-0.4, -0.2) is 5.75 Å². The lowest BCUT2D eigenvalue weighted by Gasteiger charge is -2.62. The van der Waals surface area contributed by atoms with Gasteiger partial charge in [-0.25, -0.2) is 0 Å². The van der Waals surface area contributed by atoms with E-state index in [1.54, 1.807) is 31.2 Å². The second-order valence-electron chi connectivity index (χ2n) is 11.0. The van der Waals surface area contributed by atoms with Gasteiger partial charge in [-0.05, 0) is 104 Å². The normalized spacial score (nSPS) is 50.8. The van der Waals surface area contributed by atoms with Gasteiger partial charge in [-0.3, -0.25) is 5.14 Å². The van der Waals surface area contributed by atoms with E-state index in [1.165, 1.54) is 57.8 Å². The van der Waals surface area contributed by atoms with Crippen molar-refractivity contribution in [2.45, 2.75) is 97.8 Å². The summed E-state index contributed by atoms with van der Waals surface area (Å²) in [6, 6.07) is 0. The fraction of sp³-hybridized carbons (Fsp3) is 1.00. The summed E-state index contributed by atoms with van der Waals surface area (Å²) in [7, 11) is 0. The van der Waals surface area contributed by atoms with Gasteiger partial charge >= 0.3 is 0 Å². The van der Waals surface area contributed by atoms with Gasteiger partial charge in [0.2, 0.25) is 0 Å². The predicted octanol–water partition coefficient (Wildman–Crippen LogP) is 7.06. The summed E-state index contributed by atoms with van der Waals surface area (Å²) >= 11 is 1.55. The molecule has 1 nitrogen and oxygen atoms in total. The summed E-state index contributed by atoms with van der Waals surface area (Å²) in [6.07, 6.45) is 18.0. The summed E-state index contributed by atoms with van der Waals surface area (Å²) in [5.74, 6) is 7.34. The van der Waals surface area contributed by atoms with Crippen LogP contribution in [0.25, 0.3) is 0 Å². The number of rotatable bonds is 5. The van der Waals surface area contributed by atoms with Crippen molar-refractivity contribution in [1.82, 2.24) is 0 Å². The van der Waals surface area contributed by atoms with Gasteiger partial charge in [-0.1, -0.05) is 52.0 Å². The number of hydrogen-bond acceptors (Lipinski definition) is 2. The van der Waals surface area contributed by atoms with E-state index in [0.717, 1.165) is 41.3 Å². The highest BCUT2D eigenvalue weighted by molar-refractivity contribution is 7.97. The van der Waals surface area contributed by atoms with Crippen molar-refractivity contribution in [2.75, 3.05) is 5.75 Å². The van der Waals surface area contributed by atoms with Crippen LogP contribution in [0.4, 0.5) is 0 Å². The zero-order valence-corrected chi connectivity index (χ0v) is 18.5. The van der Waals surface area contributed by atoms with Crippen molar-refractivity contribution in [1.29, 1.82) is 0 Å². The van der Waals surface area contributed by atoms with Gasteiger partial charge in [-0.2, -0.15) is 0 Å². The summed E-state index contributed by atoms with van der Waals surface area (Å²) < 4.78 is 0. The van der Waals surface area contributed by atoms with Crippen LogP contribution in [0.3, 0.4) is 0 Å². The van der Waals surface area contributed by atoms with Crippen molar-refractivity contribution in [3.05, 3.63) is 0 Å². The first-order valence-corrected chi connectivity index (χ1v) is 12.9. The zero-order valence-electron chi connectivity index (χ0n) is 17.6. The highest BCUT2D eigenvalue weighted by atomic mass is 32.2. The Bertz CT molecular complexity index is 493. The van der Waals surface area contributed by atoms with Crippen molar-refractivity contribution in [3.63, 3.8) is 0 Å². The molecule has 4 aliphatic rings. The Labute approximate surface area is 167 Å². The van der Waals surface area contributed by atoms with Crippen LogP contribution in [0.2, 0.25) is 0 Å². The molecule has 0 spiro atoms. The van der Waals surface area contributed by atoms with Gasteiger partial charge in [0.1, 0.15) is 0 Å². The molecule has 8 atom stereocenters. The average Bonchev–Trinajstić information content (AvgIpc) is 2.97. The molecule has 0 aromatic heterocycles. The van der Waals surface area contributed by atoms with E-state index >= 15 is 0 Å². The Balaban J connectivity index is 1.56. The smallest absolute Gasteiger partial charge is 0.00765 e. The van der Waals surface area contributed by atoms with E-state index in [9.17, 15) is 0 Å². The first-order valence-electron chi connectivity index (χ1n) is 11.9. The van der Waals surface area contributed by atoms with E-state index in [4.69, 9.17) is 5.14 Å². The first-order chi connectivity index (χ1) is 12.5. The van der Waals surface area contributed by atoms with Gasteiger partial charge in [0.25, 0.3) is 0 Å². The van der Waals surface area contributed by atoms with Crippen molar-refractivity contribution in [3.8, 4) is 0 Å². The molecule has 0 aromatic carbocycles. The number of hydrogen-bond donors (Lipinski definition) is 1. The standard InChI is InChI=1S/C24H43NS/c1-4-17-16-19-21-11-10-18(8-7-15-26-25)23(21,2)14-12-22(19)24(3)13-6-5-9-20(17)24/h17-22H,4-16,25H2,1-3H3/t17-,18?,19?,20?,21?,22?,23?,24?/m0/s1. The van der Waals surface area contributed by atoms with Crippen LogP contribution in [-0.2, 0) is 0 Å². The molecule has 4 fully saturated rings. The van der Waals surface area contributed by atoms with Crippen LogP contribution in [0.5, 0.6) is 0 Å². The summed E-state index contributed by atoms with van der Waals surface area (Å²) in [6.45, 7) is 7.94. The molecule has 4 aliphatic carbocycles. The number of fused-ring (bicyclic) bond motifs is 5. The maximum absolute atomic E-state index is 5.69. The Morgan fingerprint density at radius 1 is 0.923 bits per heavy atom. The van der Waals surface area contributed by atoms with Crippen LogP contribution in [0, 0.1) is 46.3 Å². The Morgan fingerprint density at radius 2 is 1.73 bits per heavy atom. The lowest BCUT2D eigenvalue weighted by atomic mass is 9.42. The van der Waals surface area contributed by atoms with Gasteiger partial charge in [0, 0.05) is 5.75 Å². The molecule has 0 saturated heterocycles. The molecule has 0 amide bonds. The molecule has 2 N–H and O–H groups in total. The molecule has 26 heavy (non-hydrogen) atoms. The van der Waals surface area contributed by atoms with Crippen molar-refractivity contribution >= 4 is 11.9 Å². The third-order valence-electron chi connectivity index (χ3n) is 10.3. The molecule has 0 heterocycles. The first kappa shape index (κ1) is 19.6. The molecular formula is C24H43NS. The largest absolute Gasteiger partial charge is 0.278 e. The molecule has 2 heteroatoms. The second-order valence-corrected chi connectivity index (χ2v) is 11.7. The lowest BCUT2D eigenvalue weighted by molar-refractivity contribution is -0.135. The molecule has 0 radical (unpaired) electrons. The highest BCUT2D eigenvalue weighted by Crippen LogP contribution is 2.69. The lowest BCUT2D eigenvalue weighted by Crippen LogP contribution is -2.55. The summed E-state index contributed by atoms with van der Waals surface area (Å²) in [4.78, 5) is 0. The van der Waals surface area contributed by atoms with Gasteiger partial charge in [0.15, 0.2) is 0 Å². The maximum Gasteiger partial charge on any atom is 0.00765 e. The van der Waals surface area contributed by atoms with E-state index in [2.05, 4.69) is 20.8 Å². The van der Waals surface area contributed by atoms with E-state index in [-0.39, 0.29) is 0 Å². The Kier molecular flexibility index (Phi) is 5.75. The van der Waals surface area contributed by atoms with Crippen molar-refractivity contribution in [2.24, 2.45) is 51.5 Å². The molecule has 0 aromatic rings. The second kappa shape index (κ2) is 7.62. The van der Waals surface area contributed by atoms with Crippen LogP contribution >= 0.6 is 11.9 Å². The minimum absolute atomic E-state index is 0.649. The van der Waals surface area contributed by atoms with E-state index in [0.29, 0.717) is 10.8 Å². The fourth-order valence-corrected chi connectivity index (χ4v) is 9.35. The Hall–Kier alpha value is 0.310. The number of nitrogens with two attached hydrogens (primary N) is 1. The molecule has 0 bridgehead atoms. The van der Waals surface area contributed by atoms with Crippen molar-refractivity contribution < 1.29 is 0 Å². The maximum atomic E-state index is 5.69. The molecule has 0 aliphatic heterocycles. The zero-order chi connectivity index (χ0) is 18.4. The summed E-state index contributed by atoms with van der Waals surface area (Å²) in [5.41, 5.74) is 1.33. The third-order valence-corrected chi connectivity index (χ3v) is 10.8. The van der Waals surface area contributed by atoms with E-state index < -0.39 is 0 Å². The molecule has 4 saturated carbocycles. The fourth-order valence-electron chi connectivity index (χ4n) is 9.02. The molecule has 150 valence electrons. The van der Waals surface area contributed by atoms with Gasteiger partial charge in [0.05, 0.1) is 0 Å². The Morgan fingerprint density at radius 3 is 2.50 bits per heavy atom. The van der Waals surface area contributed by atoms with Crippen LogP contribution in [0.15, 0.2) is 0 Å². The van der Waals surface area contributed by atoms with Crippen LogP contribution in [0.1, 0.15) is 97.8 Å². The van der Waals surface area contributed by atoms with Crippen LogP contribution < -0.4 is 5.14 Å².